The van der Waals surface area contributed by atoms with Gasteiger partial charge in [-0.2, -0.15) is 0 Å². The number of carbonyl (C=O) groups excluding carboxylic acids is 1. The van der Waals surface area contributed by atoms with E-state index in [9.17, 15) is 4.79 Å². The highest BCUT2D eigenvalue weighted by Crippen LogP contribution is 2.26. The van der Waals surface area contributed by atoms with Crippen LogP contribution >= 0.6 is 0 Å². The fraction of sp³-hybridized carbons (Fsp3) is 0.294. The number of para-hydroxylation sites is 2. The van der Waals surface area contributed by atoms with Crippen LogP contribution in [0.4, 0.5) is 11.4 Å². The van der Waals surface area contributed by atoms with Gasteiger partial charge in [-0.05, 0) is 32.3 Å². The molecule has 2 rings (SSSR count). The number of nitrogens with one attached hydrogen (secondary N) is 2. The summed E-state index contributed by atoms with van der Waals surface area (Å²) in [6.45, 7) is 1.38. The minimum absolute atomic E-state index is 0.136. The van der Waals surface area contributed by atoms with E-state index in [1.54, 1.807) is 25.6 Å². The number of rotatable bonds is 7. The van der Waals surface area contributed by atoms with Crippen molar-refractivity contribution >= 4 is 17.3 Å². The Morgan fingerprint density at radius 2 is 2.04 bits per heavy atom. The van der Waals surface area contributed by atoms with Gasteiger partial charge in [0.25, 0.3) is 5.91 Å². The third kappa shape index (κ3) is 4.96. The lowest BCUT2D eigenvalue weighted by molar-refractivity contribution is 0.0950. The summed E-state index contributed by atoms with van der Waals surface area (Å²) in [6, 6.07) is 9.35. The van der Waals surface area contributed by atoms with Crippen molar-refractivity contribution in [3.05, 3.63) is 48.3 Å². The van der Waals surface area contributed by atoms with Crippen LogP contribution in [0.2, 0.25) is 0 Å². The third-order valence-corrected chi connectivity index (χ3v) is 3.23. The van der Waals surface area contributed by atoms with E-state index in [1.807, 2.05) is 43.3 Å². The summed E-state index contributed by atoms with van der Waals surface area (Å²) in [5, 5.41) is 6.09. The molecule has 0 aliphatic carbocycles. The number of pyridine rings is 1. The van der Waals surface area contributed by atoms with Crippen molar-refractivity contribution in [3.63, 3.8) is 0 Å². The van der Waals surface area contributed by atoms with Gasteiger partial charge in [-0.15, -0.1) is 0 Å². The molecule has 0 atom stereocenters. The summed E-state index contributed by atoms with van der Waals surface area (Å²) in [5.74, 6) is 0.594. The van der Waals surface area contributed by atoms with Gasteiger partial charge in [-0.1, -0.05) is 12.1 Å². The van der Waals surface area contributed by atoms with Gasteiger partial charge in [0.05, 0.1) is 30.2 Å². The molecule has 0 fully saturated rings. The molecule has 2 aromatic rings. The Morgan fingerprint density at radius 3 is 2.78 bits per heavy atom. The van der Waals surface area contributed by atoms with Crippen molar-refractivity contribution in [2.24, 2.45) is 0 Å². The molecule has 122 valence electrons. The zero-order chi connectivity index (χ0) is 16.7. The first-order valence-corrected chi connectivity index (χ1v) is 7.38. The number of nitrogens with zero attached hydrogens (tertiary/aromatic N) is 2. The Kier molecular flexibility index (Phi) is 5.94. The zero-order valence-electron chi connectivity index (χ0n) is 13.7. The standard InChI is InChI=1S/C17H22N4O2/c1-21(2)9-8-19-17(22)13-10-14(12-18-11-13)20-15-6-4-5-7-16(15)23-3/h4-7,10-12,20H,8-9H2,1-3H3,(H,19,22). The van der Waals surface area contributed by atoms with Gasteiger partial charge in [0.1, 0.15) is 5.75 Å². The van der Waals surface area contributed by atoms with E-state index in [4.69, 9.17) is 4.74 Å². The number of likely N-dealkylation sites (N-methyl/N-ethyl adjacent to an activating group) is 1. The van der Waals surface area contributed by atoms with Crippen molar-refractivity contribution in [1.29, 1.82) is 0 Å². The maximum atomic E-state index is 12.1. The fourth-order valence-corrected chi connectivity index (χ4v) is 2.03. The Balaban J connectivity index is 2.06. The molecule has 6 heteroatoms. The molecule has 0 aliphatic heterocycles. The summed E-state index contributed by atoms with van der Waals surface area (Å²) in [5.41, 5.74) is 2.07. The van der Waals surface area contributed by atoms with E-state index >= 15 is 0 Å². The molecule has 0 radical (unpaired) electrons. The molecule has 1 amide bonds. The summed E-state index contributed by atoms with van der Waals surface area (Å²) >= 11 is 0. The van der Waals surface area contributed by atoms with Gasteiger partial charge in [0.15, 0.2) is 0 Å². The van der Waals surface area contributed by atoms with Crippen LogP contribution in [0.25, 0.3) is 0 Å². The second-order valence-electron chi connectivity index (χ2n) is 5.35. The lowest BCUT2D eigenvalue weighted by atomic mass is 10.2. The summed E-state index contributed by atoms with van der Waals surface area (Å²) in [6.07, 6.45) is 3.22. The second-order valence-corrected chi connectivity index (χ2v) is 5.35. The average molecular weight is 314 g/mol. The monoisotopic (exact) mass is 314 g/mol. The fourth-order valence-electron chi connectivity index (χ4n) is 2.03. The highest BCUT2D eigenvalue weighted by Gasteiger charge is 2.08. The van der Waals surface area contributed by atoms with Crippen LogP contribution in [0.3, 0.4) is 0 Å². The lowest BCUT2D eigenvalue weighted by Crippen LogP contribution is -2.31. The molecule has 1 aromatic carbocycles. The van der Waals surface area contributed by atoms with Crippen LogP contribution in [0.5, 0.6) is 5.75 Å². The first-order chi connectivity index (χ1) is 11.1. The number of amides is 1. The number of hydrogen-bond acceptors (Lipinski definition) is 5. The molecule has 0 spiro atoms. The molecule has 0 aliphatic rings. The highest BCUT2D eigenvalue weighted by atomic mass is 16.5. The third-order valence-electron chi connectivity index (χ3n) is 3.23. The maximum Gasteiger partial charge on any atom is 0.252 e. The Hall–Kier alpha value is -2.60. The van der Waals surface area contributed by atoms with Gasteiger partial charge in [0, 0.05) is 19.3 Å². The van der Waals surface area contributed by atoms with Crippen LogP contribution < -0.4 is 15.4 Å². The van der Waals surface area contributed by atoms with Crippen molar-refractivity contribution < 1.29 is 9.53 Å². The van der Waals surface area contributed by atoms with Gasteiger partial charge < -0.3 is 20.3 Å². The largest absolute Gasteiger partial charge is 0.495 e. The van der Waals surface area contributed by atoms with E-state index in [0.717, 1.165) is 23.7 Å². The smallest absolute Gasteiger partial charge is 0.252 e. The molecule has 0 saturated heterocycles. The van der Waals surface area contributed by atoms with Crippen LogP contribution in [-0.2, 0) is 0 Å². The average Bonchev–Trinajstić information content (AvgIpc) is 2.55. The topological polar surface area (TPSA) is 66.5 Å². The zero-order valence-corrected chi connectivity index (χ0v) is 13.7. The minimum Gasteiger partial charge on any atom is -0.495 e. The summed E-state index contributed by atoms with van der Waals surface area (Å²) < 4.78 is 5.30. The Morgan fingerprint density at radius 1 is 1.26 bits per heavy atom. The molecule has 6 nitrogen and oxygen atoms in total. The van der Waals surface area contributed by atoms with Crippen LogP contribution in [0, 0.1) is 0 Å². The Bertz CT molecular complexity index is 659. The SMILES string of the molecule is COc1ccccc1Nc1cncc(C(=O)NCCN(C)C)c1. The first-order valence-electron chi connectivity index (χ1n) is 7.38. The van der Waals surface area contributed by atoms with Gasteiger partial charge in [-0.25, -0.2) is 0 Å². The van der Waals surface area contributed by atoms with Crippen LogP contribution in [0.1, 0.15) is 10.4 Å². The van der Waals surface area contributed by atoms with Crippen molar-refractivity contribution in [2.75, 3.05) is 39.6 Å². The maximum absolute atomic E-state index is 12.1. The molecule has 1 aromatic heterocycles. The van der Waals surface area contributed by atoms with E-state index < -0.39 is 0 Å². The van der Waals surface area contributed by atoms with E-state index in [0.29, 0.717) is 12.1 Å². The van der Waals surface area contributed by atoms with Crippen molar-refractivity contribution in [1.82, 2.24) is 15.2 Å². The number of benzene rings is 1. The van der Waals surface area contributed by atoms with Crippen molar-refractivity contribution in [2.45, 2.75) is 0 Å². The normalized spacial score (nSPS) is 10.4. The minimum atomic E-state index is -0.136. The molecular weight excluding hydrogens is 292 g/mol. The molecule has 0 bridgehead atoms. The first kappa shape index (κ1) is 16.8. The Labute approximate surface area is 136 Å². The predicted octanol–water partition coefficient (Wildman–Crippen LogP) is 2.13. The quantitative estimate of drug-likeness (QED) is 0.819. The molecule has 0 unspecified atom stereocenters. The molecule has 1 heterocycles. The summed E-state index contributed by atoms with van der Waals surface area (Å²) in [7, 11) is 5.55. The highest BCUT2D eigenvalue weighted by molar-refractivity contribution is 5.94. The predicted molar refractivity (Wildman–Crippen MR) is 91.4 cm³/mol. The van der Waals surface area contributed by atoms with E-state index in [1.165, 1.54) is 0 Å². The molecular formula is C17H22N4O2. The number of methoxy groups -OCH3 is 1. The van der Waals surface area contributed by atoms with E-state index in [2.05, 4.69) is 15.6 Å². The number of hydrogen-bond donors (Lipinski definition) is 2. The molecule has 0 saturated carbocycles. The van der Waals surface area contributed by atoms with Gasteiger partial charge in [0.2, 0.25) is 0 Å². The lowest BCUT2D eigenvalue weighted by Gasteiger charge is -2.12. The second kappa shape index (κ2) is 8.14. The number of aromatic nitrogens is 1. The number of carbonyl (C=O) groups is 1. The number of ether oxygens (including phenoxy) is 1. The summed E-state index contributed by atoms with van der Waals surface area (Å²) in [4.78, 5) is 18.3. The van der Waals surface area contributed by atoms with Crippen LogP contribution in [-0.4, -0.2) is 50.1 Å². The molecule has 2 N–H and O–H groups in total. The number of anilines is 2. The van der Waals surface area contributed by atoms with Crippen LogP contribution in [0.15, 0.2) is 42.7 Å². The van der Waals surface area contributed by atoms with Gasteiger partial charge in [-0.3, -0.25) is 9.78 Å². The molecule has 23 heavy (non-hydrogen) atoms. The van der Waals surface area contributed by atoms with Gasteiger partial charge >= 0.3 is 0 Å². The van der Waals surface area contributed by atoms with E-state index in [-0.39, 0.29) is 5.91 Å². The van der Waals surface area contributed by atoms with Crippen molar-refractivity contribution in [3.8, 4) is 5.75 Å².